The fourth-order valence-corrected chi connectivity index (χ4v) is 4.12. The molecule has 168 valence electrons. The van der Waals surface area contributed by atoms with Gasteiger partial charge in [-0.25, -0.2) is 0 Å². The molecule has 1 aliphatic heterocycles. The van der Waals surface area contributed by atoms with Gasteiger partial charge in [-0.2, -0.15) is 0 Å². The van der Waals surface area contributed by atoms with Gasteiger partial charge in [-0.05, 0) is 49.4 Å². The molecule has 0 radical (unpaired) electrons. The van der Waals surface area contributed by atoms with Gasteiger partial charge in [-0.1, -0.05) is 0 Å². The zero-order valence-electron chi connectivity index (χ0n) is 19.0. The molecular formula is C24H35N3O4+2. The van der Waals surface area contributed by atoms with Gasteiger partial charge in [-0.15, -0.1) is 0 Å². The quantitative estimate of drug-likeness (QED) is 0.520. The molecule has 31 heavy (non-hydrogen) atoms. The summed E-state index contributed by atoms with van der Waals surface area (Å²) in [6, 6.07) is 13.8. The third-order valence-corrected chi connectivity index (χ3v) is 5.97. The van der Waals surface area contributed by atoms with Crippen LogP contribution in [0.2, 0.25) is 0 Å². The van der Waals surface area contributed by atoms with Gasteiger partial charge in [-0.3, -0.25) is 4.79 Å². The topological polar surface area (TPSA) is 65.7 Å². The van der Waals surface area contributed by atoms with Crippen molar-refractivity contribution in [3.63, 3.8) is 0 Å². The van der Waals surface area contributed by atoms with Crippen LogP contribution in [0.15, 0.2) is 42.5 Å². The number of rotatable bonds is 9. The molecule has 0 spiro atoms. The number of nitrogens with one attached hydrogen (secondary N) is 3. The van der Waals surface area contributed by atoms with Gasteiger partial charge in [0.25, 0.3) is 5.91 Å². The lowest BCUT2D eigenvalue weighted by atomic mass is 10.1. The fourth-order valence-electron chi connectivity index (χ4n) is 4.12. The average molecular weight is 430 g/mol. The van der Waals surface area contributed by atoms with Crippen LogP contribution in [0.1, 0.15) is 24.1 Å². The maximum absolute atomic E-state index is 12.7. The minimum atomic E-state index is -0.154. The molecule has 0 aliphatic carbocycles. The van der Waals surface area contributed by atoms with E-state index in [9.17, 15) is 4.79 Å². The average Bonchev–Trinajstić information content (AvgIpc) is 2.80. The van der Waals surface area contributed by atoms with Gasteiger partial charge in [0, 0.05) is 11.1 Å². The zero-order chi connectivity index (χ0) is 22.2. The molecule has 3 rings (SSSR count). The molecule has 1 fully saturated rings. The molecular weight excluding hydrogens is 394 g/mol. The normalized spacial score (nSPS) is 19.4. The monoisotopic (exact) mass is 429 g/mol. The van der Waals surface area contributed by atoms with Crippen molar-refractivity contribution in [1.29, 1.82) is 0 Å². The number of carbonyl (C=O) groups excluding carboxylic acids is 1. The second-order valence-corrected chi connectivity index (χ2v) is 8.10. The maximum Gasteiger partial charge on any atom is 0.275 e. The van der Waals surface area contributed by atoms with Crippen LogP contribution in [0.4, 0.5) is 0 Å². The molecule has 7 nitrogen and oxygen atoms in total. The maximum atomic E-state index is 12.7. The van der Waals surface area contributed by atoms with Crippen LogP contribution in [0, 0.1) is 0 Å². The number of quaternary nitrogens is 2. The minimum Gasteiger partial charge on any atom is -0.497 e. The van der Waals surface area contributed by atoms with Crippen molar-refractivity contribution in [3.8, 4) is 17.2 Å². The highest BCUT2D eigenvalue weighted by Gasteiger charge is 2.26. The van der Waals surface area contributed by atoms with Crippen LogP contribution >= 0.6 is 0 Å². The molecule has 0 aromatic heterocycles. The van der Waals surface area contributed by atoms with Crippen molar-refractivity contribution in [2.75, 3.05) is 54.1 Å². The zero-order valence-corrected chi connectivity index (χ0v) is 19.0. The van der Waals surface area contributed by atoms with Gasteiger partial charge in [0.2, 0.25) is 0 Å². The van der Waals surface area contributed by atoms with Crippen LogP contribution in [-0.2, 0) is 11.3 Å². The summed E-state index contributed by atoms with van der Waals surface area (Å²) >= 11 is 0. The molecule has 3 N–H and O–H groups in total. The van der Waals surface area contributed by atoms with E-state index in [1.54, 1.807) is 26.2 Å². The Kier molecular flexibility index (Phi) is 8.14. The summed E-state index contributed by atoms with van der Waals surface area (Å²) in [5.41, 5.74) is 2.23. The number of methoxy groups -OCH3 is 3. The third kappa shape index (κ3) is 6.35. The van der Waals surface area contributed by atoms with Crippen molar-refractivity contribution in [2.45, 2.75) is 19.5 Å². The van der Waals surface area contributed by atoms with E-state index >= 15 is 0 Å². The predicted octanol–water partition coefficient (Wildman–Crippen LogP) is -0.127. The van der Waals surface area contributed by atoms with E-state index in [1.165, 1.54) is 10.5 Å². The largest absolute Gasteiger partial charge is 0.497 e. The molecule has 1 atom stereocenters. The van der Waals surface area contributed by atoms with Gasteiger partial charge in [0.1, 0.15) is 50.0 Å². The number of benzene rings is 2. The van der Waals surface area contributed by atoms with Gasteiger partial charge in [0.05, 0.1) is 27.4 Å². The number of ether oxygens (including phenoxy) is 3. The van der Waals surface area contributed by atoms with Gasteiger partial charge in [0.15, 0.2) is 6.54 Å². The first-order chi connectivity index (χ1) is 15.0. The molecule has 0 unspecified atom stereocenters. The van der Waals surface area contributed by atoms with Crippen LogP contribution < -0.4 is 29.3 Å². The number of carbonyl (C=O) groups is 1. The number of hydrogen-bond donors (Lipinski definition) is 3. The van der Waals surface area contributed by atoms with E-state index in [0.29, 0.717) is 6.54 Å². The highest BCUT2D eigenvalue weighted by molar-refractivity contribution is 5.77. The summed E-state index contributed by atoms with van der Waals surface area (Å²) in [6.07, 6.45) is 0. The van der Waals surface area contributed by atoms with Crippen molar-refractivity contribution in [2.24, 2.45) is 0 Å². The van der Waals surface area contributed by atoms with E-state index in [-0.39, 0.29) is 11.9 Å². The first kappa shape index (κ1) is 22.9. The Bertz CT molecular complexity index is 848. The summed E-state index contributed by atoms with van der Waals surface area (Å²) in [6.45, 7) is 7.59. The number of hydrogen-bond acceptors (Lipinski definition) is 4. The molecule has 1 saturated heterocycles. The number of amides is 1. The van der Waals surface area contributed by atoms with Crippen LogP contribution in [0.3, 0.4) is 0 Å². The molecule has 1 heterocycles. The lowest BCUT2D eigenvalue weighted by molar-refractivity contribution is -1.02. The Hall–Kier alpha value is -2.77. The van der Waals surface area contributed by atoms with E-state index in [2.05, 4.69) is 17.4 Å². The minimum absolute atomic E-state index is 0.0611. The second-order valence-electron chi connectivity index (χ2n) is 8.10. The Balaban J connectivity index is 1.46. The first-order valence-electron chi connectivity index (χ1n) is 10.8. The van der Waals surface area contributed by atoms with Crippen molar-refractivity contribution in [1.82, 2.24) is 5.32 Å². The summed E-state index contributed by atoms with van der Waals surface area (Å²) in [5.74, 6) is 2.45. The summed E-state index contributed by atoms with van der Waals surface area (Å²) in [7, 11) is 4.96. The van der Waals surface area contributed by atoms with Gasteiger partial charge >= 0.3 is 0 Å². The molecule has 7 heteroatoms. The second kappa shape index (κ2) is 11.0. The van der Waals surface area contributed by atoms with E-state index < -0.39 is 0 Å². The molecule has 1 aliphatic rings. The van der Waals surface area contributed by atoms with Gasteiger partial charge < -0.3 is 29.3 Å². The Morgan fingerprint density at radius 2 is 1.52 bits per heavy atom. The molecule has 2 aromatic carbocycles. The summed E-state index contributed by atoms with van der Waals surface area (Å²) in [5, 5.41) is 3.12. The van der Waals surface area contributed by atoms with E-state index in [1.807, 2.05) is 37.3 Å². The predicted molar refractivity (Wildman–Crippen MR) is 119 cm³/mol. The molecule has 2 aromatic rings. The van der Waals surface area contributed by atoms with E-state index in [0.717, 1.165) is 55.5 Å². The van der Waals surface area contributed by atoms with Crippen molar-refractivity contribution < 1.29 is 28.8 Å². The fraction of sp³-hybridized carbons (Fsp3) is 0.458. The lowest BCUT2D eigenvalue weighted by Gasteiger charge is -2.29. The Labute approximate surface area is 184 Å². The van der Waals surface area contributed by atoms with Crippen LogP contribution in [0.25, 0.3) is 0 Å². The SMILES string of the molecule is COc1ccc(C[NH+]2CC[NH+](CC(=O)N[C@H](C)c3cc(OC)ccc3OC)CC2)cc1. The summed E-state index contributed by atoms with van der Waals surface area (Å²) < 4.78 is 16.0. The molecule has 0 bridgehead atoms. The van der Waals surface area contributed by atoms with Crippen molar-refractivity contribution >= 4 is 5.91 Å². The third-order valence-electron chi connectivity index (χ3n) is 5.97. The van der Waals surface area contributed by atoms with Crippen LogP contribution in [0.5, 0.6) is 17.2 Å². The first-order valence-corrected chi connectivity index (χ1v) is 10.8. The van der Waals surface area contributed by atoms with Crippen LogP contribution in [-0.4, -0.2) is 60.0 Å². The van der Waals surface area contributed by atoms with E-state index in [4.69, 9.17) is 14.2 Å². The molecule has 0 saturated carbocycles. The van der Waals surface area contributed by atoms with Crippen molar-refractivity contribution in [3.05, 3.63) is 53.6 Å². The standard InChI is InChI=1S/C24H33N3O4/c1-18(22-15-21(30-3)9-10-23(22)31-4)25-24(28)17-27-13-11-26(12-14-27)16-19-5-7-20(29-2)8-6-19/h5-10,15,18H,11-14,16-17H2,1-4H3,(H,25,28)/p+2/t18-/m1/s1. The molecule has 1 amide bonds. The smallest absolute Gasteiger partial charge is 0.275 e. The Morgan fingerprint density at radius 3 is 2.13 bits per heavy atom. The summed E-state index contributed by atoms with van der Waals surface area (Å²) in [4.78, 5) is 15.6. The highest BCUT2D eigenvalue weighted by Crippen LogP contribution is 2.29. The lowest BCUT2D eigenvalue weighted by Crippen LogP contribution is -3.28. The Morgan fingerprint density at radius 1 is 0.903 bits per heavy atom. The highest BCUT2D eigenvalue weighted by atomic mass is 16.5. The number of piperazine rings is 1.